The van der Waals surface area contributed by atoms with Gasteiger partial charge in [-0.1, -0.05) is 17.7 Å². The molecular weight excluding hydrogens is 292 g/mol. The van der Waals surface area contributed by atoms with E-state index in [1.54, 1.807) is 24.3 Å². The van der Waals surface area contributed by atoms with Crippen molar-refractivity contribution in [1.29, 1.82) is 0 Å². The molecule has 0 fully saturated rings. The molecule has 1 N–H and O–H groups in total. The van der Waals surface area contributed by atoms with Gasteiger partial charge in [0.25, 0.3) is 0 Å². The molecule has 3 nitrogen and oxygen atoms in total. The number of thioether (sulfide) groups is 1. The highest BCUT2D eigenvalue weighted by Crippen LogP contribution is 2.55. The van der Waals surface area contributed by atoms with E-state index in [0.717, 1.165) is 10.5 Å². The number of aromatic nitrogens is 2. The topological polar surface area (TPSA) is 38.0 Å². The highest BCUT2D eigenvalue weighted by molar-refractivity contribution is 8.01. The Labute approximate surface area is 127 Å². The predicted molar refractivity (Wildman–Crippen MR) is 82.0 cm³/mol. The third-order valence-corrected chi connectivity index (χ3v) is 5.33. The fourth-order valence-corrected chi connectivity index (χ4v) is 4.35. The van der Waals surface area contributed by atoms with Crippen LogP contribution in [0.2, 0.25) is 5.02 Å². The number of nitrogens with zero attached hydrogens (tertiary/aromatic N) is 2. The Morgan fingerprint density at radius 1 is 1.55 bits per heavy atom. The van der Waals surface area contributed by atoms with Gasteiger partial charge >= 0.3 is 0 Å². The lowest BCUT2D eigenvalue weighted by molar-refractivity contribution is 0.123. The maximum absolute atomic E-state index is 10.8. The number of aliphatic hydroxyl groups is 1. The van der Waals surface area contributed by atoms with E-state index in [-0.39, 0.29) is 4.75 Å². The lowest BCUT2D eigenvalue weighted by Gasteiger charge is -2.31. The van der Waals surface area contributed by atoms with Gasteiger partial charge in [0.05, 0.1) is 17.2 Å². The Balaban J connectivity index is 1.98. The molecule has 0 spiro atoms. The SMILES string of the molecule is C=CC[C@@]1(Cn2ccnc2)Sc2ccc(Cl)cc2[C@@H]1O. The molecule has 20 heavy (non-hydrogen) atoms. The second kappa shape index (κ2) is 5.28. The Morgan fingerprint density at radius 3 is 3.10 bits per heavy atom. The summed E-state index contributed by atoms with van der Waals surface area (Å²) in [6.45, 7) is 4.52. The summed E-state index contributed by atoms with van der Waals surface area (Å²) in [6.07, 6.45) is 7.44. The quantitative estimate of drug-likeness (QED) is 0.876. The predicted octanol–water partition coefficient (Wildman–Crippen LogP) is 3.69. The first-order chi connectivity index (χ1) is 9.64. The van der Waals surface area contributed by atoms with Gasteiger partial charge in [0.2, 0.25) is 0 Å². The van der Waals surface area contributed by atoms with Gasteiger partial charge in [0.1, 0.15) is 0 Å². The molecule has 3 rings (SSSR count). The second-order valence-corrected chi connectivity index (χ2v) is 6.87. The molecule has 2 atom stereocenters. The van der Waals surface area contributed by atoms with Crippen LogP contribution in [0.3, 0.4) is 0 Å². The van der Waals surface area contributed by atoms with Crippen LogP contribution < -0.4 is 0 Å². The van der Waals surface area contributed by atoms with Crippen molar-refractivity contribution in [2.45, 2.75) is 28.7 Å². The van der Waals surface area contributed by atoms with E-state index in [1.165, 1.54) is 0 Å². The van der Waals surface area contributed by atoms with Crippen LogP contribution in [0.5, 0.6) is 0 Å². The number of imidazole rings is 1. The Hall–Kier alpha value is -1.23. The van der Waals surface area contributed by atoms with Gasteiger partial charge < -0.3 is 9.67 Å². The summed E-state index contributed by atoms with van der Waals surface area (Å²) in [6, 6.07) is 5.69. The van der Waals surface area contributed by atoms with Crippen LogP contribution in [0, 0.1) is 0 Å². The number of hydrogen-bond acceptors (Lipinski definition) is 3. The molecule has 1 aromatic carbocycles. The van der Waals surface area contributed by atoms with E-state index in [2.05, 4.69) is 11.6 Å². The number of halogens is 1. The van der Waals surface area contributed by atoms with Gasteiger partial charge in [-0.2, -0.15) is 0 Å². The zero-order valence-corrected chi connectivity index (χ0v) is 12.4. The molecule has 0 radical (unpaired) electrons. The monoisotopic (exact) mass is 306 g/mol. The molecule has 0 amide bonds. The van der Waals surface area contributed by atoms with E-state index in [1.807, 2.05) is 35.0 Å². The molecule has 104 valence electrons. The van der Waals surface area contributed by atoms with Crippen molar-refractivity contribution in [2.75, 3.05) is 0 Å². The van der Waals surface area contributed by atoms with Crippen molar-refractivity contribution in [2.24, 2.45) is 0 Å². The molecule has 2 aromatic rings. The summed E-state index contributed by atoms with van der Waals surface area (Å²) in [7, 11) is 0. The largest absolute Gasteiger partial charge is 0.387 e. The van der Waals surface area contributed by atoms with Crippen LogP contribution in [0.25, 0.3) is 0 Å². The van der Waals surface area contributed by atoms with Gasteiger partial charge in [-0.15, -0.1) is 18.3 Å². The standard InChI is InChI=1S/C15H15ClN2OS/c1-2-5-15(9-18-7-6-17-10-18)14(19)12-8-11(16)3-4-13(12)20-15/h2-4,6-8,10,14,19H,1,5,9H2/t14-,15-/m0/s1. The maximum Gasteiger partial charge on any atom is 0.0971 e. The minimum absolute atomic E-state index is 0.352. The van der Waals surface area contributed by atoms with E-state index in [9.17, 15) is 5.11 Å². The molecule has 5 heteroatoms. The minimum atomic E-state index is -0.568. The van der Waals surface area contributed by atoms with Gasteiger partial charge in [0, 0.05) is 28.9 Å². The first-order valence-electron chi connectivity index (χ1n) is 6.38. The van der Waals surface area contributed by atoms with Crippen LogP contribution in [0.15, 0.2) is 54.5 Å². The number of hydrogen-bond donors (Lipinski definition) is 1. The molecule has 0 bridgehead atoms. The van der Waals surface area contributed by atoms with Gasteiger partial charge in [-0.3, -0.25) is 0 Å². The zero-order valence-electron chi connectivity index (χ0n) is 10.9. The molecule has 0 saturated heterocycles. The van der Waals surface area contributed by atoms with Crippen molar-refractivity contribution in [3.05, 3.63) is 60.2 Å². The molecule has 0 saturated carbocycles. The summed E-state index contributed by atoms with van der Waals surface area (Å²) in [5.74, 6) is 0. The van der Waals surface area contributed by atoms with E-state index < -0.39 is 6.10 Å². The molecule has 0 aliphatic carbocycles. The van der Waals surface area contributed by atoms with E-state index in [4.69, 9.17) is 11.6 Å². The van der Waals surface area contributed by atoms with Crippen molar-refractivity contribution in [3.8, 4) is 0 Å². The Morgan fingerprint density at radius 2 is 2.40 bits per heavy atom. The van der Waals surface area contributed by atoms with Crippen LogP contribution in [-0.4, -0.2) is 19.4 Å². The normalized spacial score (nSPS) is 24.6. The van der Waals surface area contributed by atoms with Crippen LogP contribution in [0.4, 0.5) is 0 Å². The van der Waals surface area contributed by atoms with Gasteiger partial charge in [-0.05, 0) is 30.2 Å². The van der Waals surface area contributed by atoms with E-state index >= 15 is 0 Å². The van der Waals surface area contributed by atoms with Crippen molar-refractivity contribution < 1.29 is 5.11 Å². The van der Waals surface area contributed by atoms with Crippen molar-refractivity contribution in [1.82, 2.24) is 9.55 Å². The van der Waals surface area contributed by atoms with Crippen LogP contribution in [0.1, 0.15) is 18.1 Å². The number of aliphatic hydroxyl groups excluding tert-OH is 1. The lowest BCUT2D eigenvalue weighted by Crippen LogP contribution is -2.33. The summed E-state index contributed by atoms with van der Waals surface area (Å²) in [4.78, 5) is 5.16. The zero-order chi connectivity index (χ0) is 14.2. The summed E-state index contributed by atoms with van der Waals surface area (Å²) >= 11 is 7.74. The number of benzene rings is 1. The van der Waals surface area contributed by atoms with Crippen LogP contribution in [-0.2, 0) is 6.54 Å². The number of allylic oxidation sites excluding steroid dienone is 1. The first kappa shape index (κ1) is 13.7. The number of fused-ring (bicyclic) bond motifs is 1. The highest BCUT2D eigenvalue weighted by Gasteiger charge is 2.45. The smallest absolute Gasteiger partial charge is 0.0971 e. The van der Waals surface area contributed by atoms with Gasteiger partial charge in [0.15, 0.2) is 0 Å². The summed E-state index contributed by atoms with van der Waals surface area (Å²) in [5.41, 5.74) is 0.907. The highest BCUT2D eigenvalue weighted by atomic mass is 35.5. The molecule has 1 aliphatic heterocycles. The van der Waals surface area contributed by atoms with E-state index in [0.29, 0.717) is 18.0 Å². The van der Waals surface area contributed by atoms with Crippen molar-refractivity contribution in [3.63, 3.8) is 0 Å². The molecule has 0 unspecified atom stereocenters. The van der Waals surface area contributed by atoms with Gasteiger partial charge in [-0.25, -0.2) is 4.98 Å². The second-order valence-electron chi connectivity index (χ2n) is 4.98. The first-order valence-corrected chi connectivity index (χ1v) is 7.57. The maximum atomic E-state index is 10.8. The molecular formula is C15H15ClN2OS. The molecule has 1 aromatic heterocycles. The fourth-order valence-electron chi connectivity index (χ4n) is 2.65. The Kier molecular flexibility index (Phi) is 3.63. The third kappa shape index (κ3) is 2.28. The third-order valence-electron chi connectivity index (χ3n) is 3.58. The summed E-state index contributed by atoms with van der Waals surface area (Å²) < 4.78 is 1.64. The Bertz CT molecular complexity index is 629. The average molecular weight is 307 g/mol. The van der Waals surface area contributed by atoms with Crippen molar-refractivity contribution >= 4 is 23.4 Å². The number of rotatable bonds is 4. The molecule has 1 aliphatic rings. The summed E-state index contributed by atoms with van der Waals surface area (Å²) in [5, 5.41) is 11.4. The van der Waals surface area contributed by atoms with Crippen LogP contribution >= 0.6 is 23.4 Å². The minimum Gasteiger partial charge on any atom is -0.387 e. The average Bonchev–Trinajstić information content (AvgIpc) is 3.00. The lowest BCUT2D eigenvalue weighted by atomic mass is 9.92. The molecule has 2 heterocycles. The fraction of sp³-hybridized carbons (Fsp3) is 0.267.